The van der Waals surface area contributed by atoms with Gasteiger partial charge in [-0.25, -0.2) is 0 Å². The van der Waals surface area contributed by atoms with Crippen LogP contribution in [0.5, 0.6) is 0 Å². The Morgan fingerprint density at radius 3 is 2.24 bits per heavy atom. The molecule has 2 N–H and O–H groups in total. The Hall–Kier alpha value is -0.0800. The highest BCUT2D eigenvalue weighted by molar-refractivity contribution is 4.84. The van der Waals surface area contributed by atoms with Gasteiger partial charge in [-0.05, 0) is 56.7 Å². The van der Waals surface area contributed by atoms with E-state index in [9.17, 15) is 0 Å². The second-order valence-corrected chi connectivity index (χ2v) is 6.04. The number of piperidine rings is 1. The van der Waals surface area contributed by atoms with Crippen molar-refractivity contribution in [2.75, 3.05) is 26.2 Å². The van der Waals surface area contributed by atoms with E-state index < -0.39 is 0 Å². The maximum Gasteiger partial charge on any atom is 0.000703 e. The molecule has 0 aromatic carbocycles. The lowest BCUT2D eigenvalue weighted by Crippen LogP contribution is -2.41. The Labute approximate surface area is 108 Å². The van der Waals surface area contributed by atoms with Crippen molar-refractivity contribution in [1.82, 2.24) is 4.90 Å². The quantitative estimate of drug-likeness (QED) is 0.740. The fraction of sp³-hybridized carbons (Fsp3) is 1.00. The molecule has 2 nitrogen and oxygen atoms in total. The van der Waals surface area contributed by atoms with Crippen LogP contribution in [0.15, 0.2) is 0 Å². The van der Waals surface area contributed by atoms with Gasteiger partial charge in [-0.1, -0.05) is 33.6 Å². The summed E-state index contributed by atoms with van der Waals surface area (Å²) in [6.45, 7) is 11.9. The summed E-state index contributed by atoms with van der Waals surface area (Å²) < 4.78 is 0. The Bertz CT molecular complexity index is 189. The lowest BCUT2D eigenvalue weighted by atomic mass is 9.74. The molecule has 2 heteroatoms. The van der Waals surface area contributed by atoms with Crippen LogP contribution in [-0.2, 0) is 0 Å². The molecule has 1 rings (SSSR count). The van der Waals surface area contributed by atoms with Crippen LogP contribution in [0.25, 0.3) is 0 Å². The minimum Gasteiger partial charge on any atom is -0.330 e. The summed E-state index contributed by atoms with van der Waals surface area (Å²) in [5, 5.41) is 0. The number of rotatable bonds is 7. The molecule has 0 bridgehead atoms. The highest BCUT2D eigenvalue weighted by atomic mass is 15.1. The number of nitrogens with zero attached hydrogens (tertiary/aromatic N) is 1. The summed E-state index contributed by atoms with van der Waals surface area (Å²) in [5.74, 6) is 0.814. The van der Waals surface area contributed by atoms with Crippen LogP contribution >= 0.6 is 0 Å². The Morgan fingerprint density at radius 1 is 1.18 bits per heavy atom. The molecule has 0 amide bonds. The fourth-order valence-electron chi connectivity index (χ4n) is 3.17. The number of likely N-dealkylation sites (tertiary alicyclic amines) is 1. The topological polar surface area (TPSA) is 29.3 Å². The van der Waals surface area contributed by atoms with Gasteiger partial charge in [-0.15, -0.1) is 0 Å². The third-order valence-electron chi connectivity index (χ3n) is 4.89. The molecule has 0 saturated carbocycles. The first kappa shape index (κ1) is 15.0. The molecule has 1 heterocycles. The predicted molar refractivity (Wildman–Crippen MR) is 76.1 cm³/mol. The van der Waals surface area contributed by atoms with E-state index in [0.717, 1.165) is 12.5 Å². The minimum absolute atomic E-state index is 0.664. The molecule has 1 aliphatic heterocycles. The lowest BCUT2D eigenvalue weighted by Gasteiger charge is -2.41. The van der Waals surface area contributed by atoms with Crippen LogP contribution in [0.2, 0.25) is 0 Å². The second-order valence-electron chi connectivity index (χ2n) is 6.04. The highest BCUT2D eigenvalue weighted by Crippen LogP contribution is 2.38. The first-order valence-corrected chi connectivity index (χ1v) is 7.58. The van der Waals surface area contributed by atoms with Crippen molar-refractivity contribution in [3.8, 4) is 0 Å². The van der Waals surface area contributed by atoms with Gasteiger partial charge in [0.05, 0.1) is 0 Å². The molecule has 0 radical (unpaired) electrons. The summed E-state index contributed by atoms with van der Waals surface area (Å²) >= 11 is 0. The first-order chi connectivity index (χ1) is 8.15. The van der Waals surface area contributed by atoms with Gasteiger partial charge in [0.15, 0.2) is 0 Å². The van der Waals surface area contributed by atoms with Crippen LogP contribution in [0, 0.1) is 11.3 Å². The largest absolute Gasteiger partial charge is 0.330 e. The number of hydrogen-bond donors (Lipinski definition) is 1. The summed E-state index contributed by atoms with van der Waals surface area (Å²) in [6, 6.07) is 0. The maximum absolute atomic E-state index is 5.57. The zero-order chi connectivity index (χ0) is 12.7. The van der Waals surface area contributed by atoms with Crippen LogP contribution < -0.4 is 5.73 Å². The van der Waals surface area contributed by atoms with E-state index in [1.54, 1.807) is 0 Å². The zero-order valence-electron chi connectivity index (χ0n) is 12.2. The molecule has 1 aliphatic rings. The molecule has 1 unspecified atom stereocenters. The fourth-order valence-corrected chi connectivity index (χ4v) is 3.17. The average molecular weight is 240 g/mol. The standard InChI is InChI=1S/C15H32N2/c1-4-15(5-2)8-11-17(12-9-15)13-14(3)7-6-10-16/h14H,4-13,16H2,1-3H3. The molecule has 0 aromatic rings. The van der Waals surface area contributed by atoms with Crippen LogP contribution in [0.4, 0.5) is 0 Å². The van der Waals surface area contributed by atoms with Crippen molar-refractivity contribution in [3.05, 3.63) is 0 Å². The van der Waals surface area contributed by atoms with E-state index in [0.29, 0.717) is 5.41 Å². The van der Waals surface area contributed by atoms with E-state index in [1.165, 1.54) is 58.2 Å². The van der Waals surface area contributed by atoms with Gasteiger partial charge < -0.3 is 10.6 Å². The zero-order valence-corrected chi connectivity index (χ0v) is 12.2. The molecule has 1 fully saturated rings. The van der Waals surface area contributed by atoms with E-state index in [1.807, 2.05) is 0 Å². The summed E-state index contributed by atoms with van der Waals surface area (Å²) in [6.07, 6.45) is 8.01. The molecule has 17 heavy (non-hydrogen) atoms. The van der Waals surface area contributed by atoms with Crippen molar-refractivity contribution in [3.63, 3.8) is 0 Å². The molecule has 0 aliphatic carbocycles. The van der Waals surface area contributed by atoms with E-state index >= 15 is 0 Å². The average Bonchev–Trinajstić information content (AvgIpc) is 2.38. The molecular weight excluding hydrogens is 208 g/mol. The summed E-state index contributed by atoms with van der Waals surface area (Å²) in [7, 11) is 0. The van der Waals surface area contributed by atoms with Gasteiger partial charge in [-0.3, -0.25) is 0 Å². The predicted octanol–water partition coefficient (Wildman–Crippen LogP) is 3.26. The molecule has 102 valence electrons. The normalized spacial score (nSPS) is 22.6. The van der Waals surface area contributed by atoms with Crippen LogP contribution in [0.3, 0.4) is 0 Å². The van der Waals surface area contributed by atoms with Gasteiger partial charge >= 0.3 is 0 Å². The van der Waals surface area contributed by atoms with Crippen LogP contribution in [0.1, 0.15) is 59.3 Å². The van der Waals surface area contributed by atoms with Crippen molar-refractivity contribution < 1.29 is 0 Å². The van der Waals surface area contributed by atoms with Crippen molar-refractivity contribution in [2.45, 2.75) is 59.3 Å². The van der Waals surface area contributed by atoms with Gasteiger partial charge in [0, 0.05) is 6.54 Å². The summed E-state index contributed by atoms with van der Waals surface area (Å²) in [4.78, 5) is 2.67. The Kier molecular flexibility index (Phi) is 6.50. The van der Waals surface area contributed by atoms with E-state index in [4.69, 9.17) is 5.73 Å². The van der Waals surface area contributed by atoms with Crippen molar-refractivity contribution >= 4 is 0 Å². The van der Waals surface area contributed by atoms with Crippen molar-refractivity contribution in [1.29, 1.82) is 0 Å². The monoisotopic (exact) mass is 240 g/mol. The third-order valence-corrected chi connectivity index (χ3v) is 4.89. The second kappa shape index (κ2) is 7.38. The minimum atomic E-state index is 0.664. The molecule has 1 atom stereocenters. The summed E-state index contributed by atoms with van der Waals surface area (Å²) in [5.41, 5.74) is 6.23. The lowest BCUT2D eigenvalue weighted by molar-refractivity contribution is 0.0850. The van der Waals surface area contributed by atoms with E-state index in [2.05, 4.69) is 25.7 Å². The van der Waals surface area contributed by atoms with Crippen molar-refractivity contribution in [2.24, 2.45) is 17.1 Å². The van der Waals surface area contributed by atoms with Crippen LogP contribution in [-0.4, -0.2) is 31.1 Å². The van der Waals surface area contributed by atoms with Gasteiger partial charge in [0.1, 0.15) is 0 Å². The third kappa shape index (κ3) is 4.59. The van der Waals surface area contributed by atoms with Gasteiger partial charge in [0.2, 0.25) is 0 Å². The van der Waals surface area contributed by atoms with Gasteiger partial charge in [-0.2, -0.15) is 0 Å². The number of hydrogen-bond acceptors (Lipinski definition) is 2. The SMILES string of the molecule is CCC1(CC)CCN(CC(C)CCCN)CC1. The number of nitrogens with two attached hydrogens (primary N) is 1. The smallest absolute Gasteiger partial charge is 0.000703 e. The van der Waals surface area contributed by atoms with E-state index in [-0.39, 0.29) is 0 Å². The van der Waals surface area contributed by atoms with Gasteiger partial charge in [0.25, 0.3) is 0 Å². The molecule has 0 aromatic heterocycles. The molecular formula is C15H32N2. The molecule has 0 spiro atoms. The Balaban J connectivity index is 2.27. The Morgan fingerprint density at radius 2 is 1.76 bits per heavy atom. The first-order valence-electron chi connectivity index (χ1n) is 7.58. The molecule has 1 saturated heterocycles. The maximum atomic E-state index is 5.57. The highest BCUT2D eigenvalue weighted by Gasteiger charge is 2.31.